The number of hydrogen-bond donors (Lipinski definition) is 2. The van der Waals surface area contributed by atoms with Gasteiger partial charge < -0.3 is 15.4 Å². The zero-order valence-electron chi connectivity index (χ0n) is 12.2. The first-order chi connectivity index (χ1) is 9.37. The maximum Gasteiger partial charge on any atom is 0.225 e. The van der Waals surface area contributed by atoms with Crippen LogP contribution in [0.4, 0.5) is 0 Å². The Morgan fingerprint density at radius 2 is 2.20 bits per heavy atom. The molecule has 0 aromatic heterocycles. The molecule has 0 aliphatic carbocycles. The molecule has 1 heterocycles. The fourth-order valence-electron chi connectivity index (χ4n) is 2.36. The van der Waals surface area contributed by atoms with Crippen molar-refractivity contribution in [3.63, 3.8) is 0 Å². The van der Waals surface area contributed by atoms with E-state index in [9.17, 15) is 13.2 Å². The number of ether oxygens (including phenoxy) is 1. The highest BCUT2D eigenvalue weighted by atomic mass is 32.2. The molecule has 0 aromatic rings. The summed E-state index contributed by atoms with van der Waals surface area (Å²) in [6.45, 7) is 1.23. The molecule has 0 radical (unpaired) electrons. The Morgan fingerprint density at radius 3 is 2.75 bits per heavy atom. The van der Waals surface area contributed by atoms with Gasteiger partial charge in [0.2, 0.25) is 15.9 Å². The van der Waals surface area contributed by atoms with Crippen LogP contribution in [0.15, 0.2) is 0 Å². The highest BCUT2D eigenvalue weighted by Gasteiger charge is 2.28. The van der Waals surface area contributed by atoms with Gasteiger partial charge in [0.25, 0.3) is 0 Å². The number of nitrogens with one attached hydrogen (secondary N) is 1. The number of rotatable bonds is 7. The molecule has 0 saturated carbocycles. The van der Waals surface area contributed by atoms with Crippen LogP contribution in [0, 0.1) is 0 Å². The Morgan fingerprint density at radius 1 is 1.50 bits per heavy atom. The van der Waals surface area contributed by atoms with E-state index < -0.39 is 10.0 Å². The minimum absolute atomic E-state index is 0.0256. The average Bonchev–Trinajstić information content (AvgIpc) is 2.41. The largest absolute Gasteiger partial charge is 0.380 e. The average molecular weight is 307 g/mol. The van der Waals surface area contributed by atoms with Crippen LogP contribution >= 0.6 is 0 Å². The summed E-state index contributed by atoms with van der Waals surface area (Å²) in [6, 6.07) is -0.0822. The molecule has 1 amide bonds. The number of carbonyl (C=O) groups is 1. The standard InChI is InChI=1S/C12H25N3O4S/c1-19-11(8-13)7-12(16)15-6-4-3-5-10(15)9-14-20(2,17)18/h10-11,14H,3-9,13H2,1-2H3. The topological polar surface area (TPSA) is 102 Å². The van der Waals surface area contributed by atoms with Crippen molar-refractivity contribution in [2.75, 3.05) is 33.0 Å². The highest BCUT2D eigenvalue weighted by Crippen LogP contribution is 2.18. The van der Waals surface area contributed by atoms with Crippen molar-refractivity contribution in [2.45, 2.75) is 37.8 Å². The van der Waals surface area contributed by atoms with Crippen molar-refractivity contribution in [1.82, 2.24) is 9.62 Å². The third kappa shape index (κ3) is 5.74. The predicted molar refractivity (Wildman–Crippen MR) is 76.7 cm³/mol. The lowest BCUT2D eigenvalue weighted by Gasteiger charge is -2.36. The van der Waals surface area contributed by atoms with E-state index in [-0.39, 0.29) is 31.0 Å². The van der Waals surface area contributed by atoms with Crippen molar-refractivity contribution in [3.05, 3.63) is 0 Å². The van der Waals surface area contributed by atoms with Crippen LogP contribution in [0.25, 0.3) is 0 Å². The summed E-state index contributed by atoms with van der Waals surface area (Å²) < 4.78 is 29.9. The Hall–Kier alpha value is -0.700. The van der Waals surface area contributed by atoms with Crippen molar-refractivity contribution in [3.8, 4) is 0 Å². The lowest BCUT2D eigenvalue weighted by Crippen LogP contribution is -2.50. The number of nitrogens with two attached hydrogens (primary N) is 1. The molecule has 0 bridgehead atoms. The molecule has 1 aliphatic rings. The Balaban J connectivity index is 2.61. The Labute approximate surface area is 120 Å². The third-order valence-electron chi connectivity index (χ3n) is 3.53. The van der Waals surface area contributed by atoms with Crippen LogP contribution in [-0.4, -0.2) is 64.4 Å². The van der Waals surface area contributed by atoms with E-state index in [0.29, 0.717) is 13.1 Å². The molecule has 1 saturated heterocycles. The molecule has 0 spiro atoms. The summed E-state index contributed by atoms with van der Waals surface area (Å²) in [4.78, 5) is 14.0. The van der Waals surface area contributed by atoms with Crippen molar-refractivity contribution in [1.29, 1.82) is 0 Å². The molecule has 1 aliphatic heterocycles. The van der Waals surface area contributed by atoms with E-state index in [1.165, 1.54) is 7.11 Å². The number of hydrogen-bond acceptors (Lipinski definition) is 5. The van der Waals surface area contributed by atoms with E-state index in [1.54, 1.807) is 4.90 Å². The summed E-state index contributed by atoms with van der Waals surface area (Å²) in [5, 5.41) is 0. The quantitative estimate of drug-likeness (QED) is 0.646. The first-order valence-corrected chi connectivity index (χ1v) is 8.73. The van der Waals surface area contributed by atoms with E-state index in [2.05, 4.69) is 4.72 Å². The second-order valence-electron chi connectivity index (χ2n) is 5.15. The van der Waals surface area contributed by atoms with Crippen molar-refractivity contribution >= 4 is 15.9 Å². The van der Waals surface area contributed by atoms with Crippen molar-refractivity contribution in [2.24, 2.45) is 5.73 Å². The van der Waals surface area contributed by atoms with Gasteiger partial charge in [-0.15, -0.1) is 0 Å². The Bertz CT molecular complexity index is 409. The van der Waals surface area contributed by atoms with Gasteiger partial charge in [-0.25, -0.2) is 13.1 Å². The summed E-state index contributed by atoms with van der Waals surface area (Å²) in [5.74, 6) is -0.0256. The monoisotopic (exact) mass is 307 g/mol. The van der Waals surface area contributed by atoms with E-state index >= 15 is 0 Å². The maximum absolute atomic E-state index is 12.3. The maximum atomic E-state index is 12.3. The molecule has 1 rings (SSSR count). The Kier molecular flexibility index (Phi) is 6.87. The molecule has 8 heteroatoms. The normalized spacial score (nSPS) is 21.8. The molecule has 118 valence electrons. The molecule has 1 fully saturated rings. The van der Waals surface area contributed by atoms with Gasteiger partial charge in [0.05, 0.1) is 18.8 Å². The number of carbonyl (C=O) groups excluding carboxylic acids is 1. The molecule has 2 unspecified atom stereocenters. The first kappa shape index (κ1) is 17.4. The van der Waals surface area contributed by atoms with E-state index in [0.717, 1.165) is 25.5 Å². The number of methoxy groups -OCH3 is 1. The third-order valence-corrected chi connectivity index (χ3v) is 4.22. The molecule has 7 nitrogen and oxygen atoms in total. The van der Waals surface area contributed by atoms with Gasteiger partial charge in [0.1, 0.15) is 0 Å². The van der Waals surface area contributed by atoms with Crippen LogP contribution in [0.5, 0.6) is 0 Å². The number of likely N-dealkylation sites (tertiary alicyclic amines) is 1. The van der Waals surface area contributed by atoms with Gasteiger partial charge >= 0.3 is 0 Å². The molecular formula is C12H25N3O4S. The van der Waals surface area contributed by atoms with E-state index in [4.69, 9.17) is 10.5 Å². The lowest BCUT2D eigenvalue weighted by molar-refractivity contribution is -0.137. The van der Waals surface area contributed by atoms with Gasteiger partial charge in [0, 0.05) is 32.8 Å². The second kappa shape index (κ2) is 7.92. The summed E-state index contributed by atoms with van der Waals surface area (Å²) in [6.07, 6.45) is 3.84. The van der Waals surface area contributed by atoms with Gasteiger partial charge in [0.15, 0.2) is 0 Å². The zero-order valence-corrected chi connectivity index (χ0v) is 13.0. The number of piperidine rings is 1. The minimum Gasteiger partial charge on any atom is -0.380 e. The molecule has 3 N–H and O–H groups in total. The van der Waals surface area contributed by atoms with Gasteiger partial charge in [-0.3, -0.25) is 4.79 Å². The lowest BCUT2D eigenvalue weighted by atomic mass is 10.0. The highest BCUT2D eigenvalue weighted by molar-refractivity contribution is 7.88. The molecular weight excluding hydrogens is 282 g/mol. The van der Waals surface area contributed by atoms with Crippen LogP contribution in [0.2, 0.25) is 0 Å². The molecule has 20 heavy (non-hydrogen) atoms. The van der Waals surface area contributed by atoms with Crippen LogP contribution < -0.4 is 10.5 Å². The summed E-state index contributed by atoms with van der Waals surface area (Å²) >= 11 is 0. The predicted octanol–water partition coefficient (Wildman–Crippen LogP) is -0.719. The summed E-state index contributed by atoms with van der Waals surface area (Å²) in [5.41, 5.74) is 5.52. The number of amides is 1. The smallest absolute Gasteiger partial charge is 0.225 e. The number of sulfonamides is 1. The minimum atomic E-state index is -3.24. The SMILES string of the molecule is COC(CN)CC(=O)N1CCCCC1CNS(C)(=O)=O. The first-order valence-electron chi connectivity index (χ1n) is 6.84. The number of nitrogens with zero attached hydrogens (tertiary/aromatic N) is 1. The second-order valence-corrected chi connectivity index (χ2v) is 6.99. The van der Waals surface area contributed by atoms with Crippen LogP contribution in [0.1, 0.15) is 25.7 Å². The van der Waals surface area contributed by atoms with Crippen molar-refractivity contribution < 1.29 is 17.9 Å². The molecule has 0 aromatic carbocycles. The van der Waals surface area contributed by atoms with Crippen LogP contribution in [0.3, 0.4) is 0 Å². The fraction of sp³-hybridized carbons (Fsp3) is 0.917. The zero-order chi connectivity index (χ0) is 15.2. The van der Waals surface area contributed by atoms with Gasteiger partial charge in [-0.05, 0) is 19.3 Å². The fourth-order valence-corrected chi connectivity index (χ4v) is 2.86. The van der Waals surface area contributed by atoms with Gasteiger partial charge in [-0.2, -0.15) is 0 Å². The molecule has 2 atom stereocenters. The van der Waals surface area contributed by atoms with E-state index in [1.807, 2.05) is 0 Å². The summed E-state index contributed by atoms with van der Waals surface area (Å²) in [7, 11) is -1.71. The van der Waals surface area contributed by atoms with Crippen LogP contribution in [-0.2, 0) is 19.6 Å². The van der Waals surface area contributed by atoms with Gasteiger partial charge in [-0.1, -0.05) is 0 Å².